The number of rotatable bonds is 1. The van der Waals surface area contributed by atoms with Gasteiger partial charge in [-0.3, -0.25) is 0 Å². The zero-order chi connectivity index (χ0) is 18.4. The Kier molecular flexibility index (Phi) is 4.86. The molecule has 5 heteroatoms. The van der Waals surface area contributed by atoms with Crippen LogP contribution in [0.4, 0.5) is 0 Å². The van der Waals surface area contributed by atoms with Crippen molar-refractivity contribution in [3.05, 3.63) is 23.3 Å². The quantitative estimate of drug-likeness (QED) is 0.432. The average Bonchev–Trinajstić information content (AvgIpc) is 3.21. The fourth-order valence-electron chi connectivity index (χ4n) is 3.86. The van der Waals surface area contributed by atoms with E-state index in [0.29, 0.717) is 37.7 Å². The molecule has 0 amide bonds. The Morgan fingerprint density at radius 1 is 1.24 bits per heavy atom. The Hall–Kier alpha value is -1.17. The van der Waals surface area contributed by atoms with Crippen molar-refractivity contribution in [1.82, 2.24) is 0 Å². The van der Waals surface area contributed by atoms with Gasteiger partial charge in [-0.1, -0.05) is 31.6 Å². The lowest BCUT2D eigenvalue weighted by molar-refractivity contribution is -0.167. The molecule has 0 aliphatic carbocycles. The SMILES string of the molecule is CC(C)/C1=C/[C@@H](O)[C@]2(C)O[C@@H]2C[C@H](O)[C@]2(C)CCC=C(CC1)C(=O)O2. The van der Waals surface area contributed by atoms with Crippen molar-refractivity contribution in [3.8, 4) is 0 Å². The Bertz CT molecular complexity index is 607. The van der Waals surface area contributed by atoms with Crippen LogP contribution in [0.3, 0.4) is 0 Å². The molecule has 0 aromatic heterocycles. The van der Waals surface area contributed by atoms with Crippen LogP contribution in [-0.2, 0) is 14.3 Å². The zero-order valence-corrected chi connectivity index (χ0v) is 15.6. The molecule has 0 radical (unpaired) electrons. The molecule has 1 saturated heterocycles. The van der Waals surface area contributed by atoms with Crippen LogP contribution < -0.4 is 0 Å². The highest BCUT2D eigenvalue weighted by atomic mass is 16.6. The predicted octanol–water partition coefficient (Wildman–Crippen LogP) is 2.65. The number of hydrogen-bond donors (Lipinski definition) is 2. The van der Waals surface area contributed by atoms with Gasteiger partial charge in [-0.25, -0.2) is 4.79 Å². The summed E-state index contributed by atoms with van der Waals surface area (Å²) in [6.07, 6.45) is 4.97. The van der Waals surface area contributed by atoms with Crippen LogP contribution in [0.1, 0.15) is 59.8 Å². The second-order valence-electron chi connectivity index (χ2n) is 8.35. The van der Waals surface area contributed by atoms with Crippen LogP contribution in [0.2, 0.25) is 0 Å². The van der Waals surface area contributed by atoms with Gasteiger partial charge in [-0.05, 0) is 45.4 Å². The van der Waals surface area contributed by atoms with Crippen molar-refractivity contribution in [2.24, 2.45) is 5.92 Å². The van der Waals surface area contributed by atoms with Crippen LogP contribution in [0.5, 0.6) is 0 Å². The fourth-order valence-corrected chi connectivity index (χ4v) is 3.86. The molecule has 3 heterocycles. The molecule has 3 aliphatic heterocycles. The van der Waals surface area contributed by atoms with Gasteiger partial charge in [0.25, 0.3) is 0 Å². The summed E-state index contributed by atoms with van der Waals surface area (Å²) in [4.78, 5) is 12.5. The van der Waals surface area contributed by atoms with Crippen LogP contribution >= 0.6 is 0 Å². The summed E-state index contributed by atoms with van der Waals surface area (Å²) in [6, 6.07) is 0. The van der Waals surface area contributed by atoms with E-state index in [4.69, 9.17) is 9.47 Å². The molecule has 140 valence electrons. The first-order chi connectivity index (χ1) is 11.7. The van der Waals surface area contributed by atoms with Gasteiger partial charge in [0.2, 0.25) is 0 Å². The molecule has 3 aliphatic rings. The molecule has 0 aromatic rings. The monoisotopic (exact) mass is 350 g/mol. The molecule has 1 fully saturated rings. The summed E-state index contributed by atoms with van der Waals surface area (Å²) < 4.78 is 11.5. The Morgan fingerprint density at radius 3 is 2.64 bits per heavy atom. The number of carbonyl (C=O) groups is 1. The van der Waals surface area contributed by atoms with E-state index in [1.54, 1.807) is 6.92 Å². The molecule has 2 N–H and O–H groups in total. The van der Waals surface area contributed by atoms with E-state index in [0.717, 1.165) is 5.57 Å². The van der Waals surface area contributed by atoms with Crippen LogP contribution in [0, 0.1) is 5.92 Å². The second kappa shape index (κ2) is 6.53. The van der Waals surface area contributed by atoms with E-state index in [2.05, 4.69) is 13.8 Å². The number of ether oxygens (including phenoxy) is 2. The first kappa shape index (κ1) is 18.6. The van der Waals surface area contributed by atoms with Gasteiger partial charge in [0, 0.05) is 12.0 Å². The van der Waals surface area contributed by atoms with E-state index < -0.39 is 23.4 Å². The van der Waals surface area contributed by atoms with E-state index >= 15 is 0 Å². The molecule has 0 aromatic carbocycles. The van der Waals surface area contributed by atoms with Crippen molar-refractivity contribution in [1.29, 1.82) is 0 Å². The summed E-state index contributed by atoms with van der Waals surface area (Å²) in [5, 5.41) is 21.4. The topological polar surface area (TPSA) is 79.3 Å². The smallest absolute Gasteiger partial charge is 0.334 e. The lowest BCUT2D eigenvalue weighted by Crippen LogP contribution is -2.44. The first-order valence-electron chi connectivity index (χ1n) is 9.32. The predicted molar refractivity (Wildman–Crippen MR) is 93.9 cm³/mol. The van der Waals surface area contributed by atoms with E-state index in [9.17, 15) is 15.0 Å². The normalized spacial score (nSPS) is 44.3. The third-order valence-corrected chi connectivity index (χ3v) is 6.12. The van der Waals surface area contributed by atoms with Crippen molar-refractivity contribution in [3.63, 3.8) is 0 Å². The fraction of sp³-hybridized carbons (Fsp3) is 0.750. The highest BCUT2D eigenvalue weighted by Crippen LogP contribution is 2.45. The van der Waals surface area contributed by atoms with E-state index in [1.807, 2.05) is 19.1 Å². The lowest BCUT2D eigenvalue weighted by atomic mass is 9.86. The van der Waals surface area contributed by atoms with Gasteiger partial charge in [-0.2, -0.15) is 0 Å². The number of hydrogen-bond acceptors (Lipinski definition) is 5. The number of fused-ring (bicyclic) bond motifs is 4. The third kappa shape index (κ3) is 3.55. The van der Waals surface area contributed by atoms with Gasteiger partial charge in [0.1, 0.15) is 17.3 Å². The summed E-state index contributed by atoms with van der Waals surface area (Å²) in [5.41, 5.74) is 0.186. The van der Waals surface area contributed by atoms with Crippen molar-refractivity contribution >= 4 is 5.97 Å². The number of aliphatic hydroxyl groups excluding tert-OH is 2. The van der Waals surface area contributed by atoms with Gasteiger partial charge < -0.3 is 19.7 Å². The maximum atomic E-state index is 12.5. The maximum Gasteiger partial charge on any atom is 0.334 e. The van der Waals surface area contributed by atoms with Gasteiger partial charge >= 0.3 is 5.97 Å². The minimum absolute atomic E-state index is 0.242. The molecule has 0 spiro atoms. The first-order valence-corrected chi connectivity index (χ1v) is 9.32. The molecule has 3 rings (SSSR count). The Balaban J connectivity index is 1.94. The Labute approximate surface area is 149 Å². The van der Waals surface area contributed by atoms with Gasteiger partial charge in [-0.15, -0.1) is 0 Å². The Morgan fingerprint density at radius 2 is 1.96 bits per heavy atom. The lowest BCUT2D eigenvalue weighted by Gasteiger charge is -2.33. The molecule has 25 heavy (non-hydrogen) atoms. The number of carbonyl (C=O) groups excluding carboxylic acids is 1. The van der Waals surface area contributed by atoms with Crippen molar-refractivity contribution in [2.45, 2.75) is 89.3 Å². The molecule has 0 unspecified atom stereocenters. The largest absolute Gasteiger partial charge is 0.453 e. The van der Waals surface area contributed by atoms with Crippen LogP contribution in [-0.4, -0.2) is 45.7 Å². The molecule has 5 nitrogen and oxygen atoms in total. The van der Waals surface area contributed by atoms with Gasteiger partial charge in [0.05, 0.1) is 12.2 Å². The van der Waals surface area contributed by atoms with Crippen LogP contribution in [0.15, 0.2) is 23.3 Å². The molecule has 0 saturated carbocycles. The maximum absolute atomic E-state index is 12.5. The highest BCUT2D eigenvalue weighted by Gasteiger charge is 2.58. The summed E-state index contributed by atoms with van der Waals surface area (Å²) in [7, 11) is 0. The summed E-state index contributed by atoms with van der Waals surface area (Å²) >= 11 is 0. The zero-order valence-electron chi connectivity index (χ0n) is 15.6. The molecular formula is C20H30O5. The molecule has 2 bridgehead atoms. The number of epoxide rings is 1. The van der Waals surface area contributed by atoms with Gasteiger partial charge in [0.15, 0.2) is 0 Å². The third-order valence-electron chi connectivity index (χ3n) is 6.12. The minimum Gasteiger partial charge on any atom is -0.453 e. The van der Waals surface area contributed by atoms with E-state index in [-0.39, 0.29) is 18.0 Å². The minimum atomic E-state index is -0.921. The van der Waals surface area contributed by atoms with Crippen molar-refractivity contribution < 1.29 is 24.5 Å². The van der Waals surface area contributed by atoms with Crippen LogP contribution in [0.25, 0.3) is 0 Å². The molecular weight excluding hydrogens is 320 g/mol. The number of esters is 1. The second-order valence-corrected chi connectivity index (χ2v) is 8.35. The standard InChI is InChI=1S/C20H30O5/c1-12(2)14-8-7-13-6-5-9-19(3,25-18(13)23)15(21)11-17-20(4,24-17)16(22)10-14/h6,10,12,15-17,21-22H,5,7-9,11H2,1-4H3/b14-10+/t15-,16+,17+,19-,20-/m0/s1. The summed E-state index contributed by atoms with van der Waals surface area (Å²) in [6.45, 7) is 7.85. The summed E-state index contributed by atoms with van der Waals surface area (Å²) in [5.74, 6) is -0.0553. The molecule has 5 atom stereocenters. The number of allylic oxidation sites excluding steroid dienone is 2. The highest BCUT2D eigenvalue weighted by molar-refractivity contribution is 5.89. The average molecular weight is 350 g/mol. The van der Waals surface area contributed by atoms with Crippen molar-refractivity contribution in [2.75, 3.05) is 0 Å². The number of aliphatic hydroxyl groups is 2. The van der Waals surface area contributed by atoms with E-state index in [1.165, 1.54) is 0 Å².